The molecule has 0 saturated heterocycles. The van der Waals surface area contributed by atoms with E-state index in [0.717, 1.165) is 38.8 Å². The largest absolute Gasteiger partial charge is 0.212 e. The first-order valence-corrected chi connectivity index (χ1v) is 11.7. The Morgan fingerprint density at radius 3 is 1.47 bits per heavy atom. The van der Waals surface area contributed by atoms with Gasteiger partial charge in [-0.25, -0.2) is 0 Å². The van der Waals surface area contributed by atoms with Crippen LogP contribution in [-0.2, 0) is 25.9 Å². The summed E-state index contributed by atoms with van der Waals surface area (Å²) in [5, 5.41) is 2.61. The van der Waals surface area contributed by atoms with Crippen molar-refractivity contribution in [1.29, 1.82) is 0 Å². The van der Waals surface area contributed by atoms with E-state index >= 15 is 0 Å². The minimum Gasteiger partial charge on any atom is -0.198 e. The maximum Gasteiger partial charge on any atom is 0.212 e. The summed E-state index contributed by atoms with van der Waals surface area (Å²) in [6.07, 6.45) is 8.92. The van der Waals surface area contributed by atoms with Gasteiger partial charge in [0.25, 0.3) is 0 Å². The van der Waals surface area contributed by atoms with Gasteiger partial charge in [-0.1, -0.05) is 48.5 Å². The molecule has 0 spiro atoms. The van der Waals surface area contributed by atoms with E-state index in [0.29, 0.717) is 0 Å². The Balaban J connectivity index is 1.17. The maximum atomic E-state index is 2.40. The smallest absolute Gasteiger partial charge is 0.198 e. The highest BCUT2D eigenvalue weighted by atomic mass is 14.9. The van der Waals surface area contributed by atoms with Gasteiger partial charge in [0.05, 0.1) is 0 Å². The molecule has 0 radical (unpaired) electrons. The molecule has 0 aliphatic heterocycles. The standard InChI is InChI=1S/C30H30N2/c1-3-18-29-27(14-1)16-8-22-31(29)20-6-12-25-10-5-11-26(24-25)13-7-21-32-23-9-17-28-15-2-4-19-30(28)32/h1-5,8-11,14-19,22-24H,6-7,12-13,20-21H2/q+2. The van der Waals surface area contributed by atoms with Crippen LogP contribution in [0.3, 0.4) is 0 Å². The van der Waals surface area contributed by atoms with Gasteiger partial charge in [-0.15, -0.1) is 0 Å². The van der Waals surface area contributed by atoms with Crippen LogP contribution < -0.4 is 9.13 Å². The second-order valence-corrected chi connectivity index (χ2v) is 8.55. The highest BCUT2D eigenvalue weighted by Crippen LogP contribution is 2.12. The number of benzene rings is 3. The molecule has 5 aromatic rings. The molecule has 0 N–H and O–H groups in total. The van der Waals surface area contributed by atoms with Gasteiger partial charge in [0, 0.05) is 47.9 Å². The van der Waals surface area contributed by atoms with Crippen molar-refractivity contribution in [2.75, 3.05) is 0 Å². The summed E-state index contributed by atoms with van der Waals surface area (Å²) < 4.78 is 4.75. The third-order valence-electron chi connectivity index (χ3n) is 6.30. The predicted molar refractivity (Wildman–Crippen MR) is 131 cm³/mol. The summed E-state index contributed by atoms with van der Waals surface area (Å²) >= 11 is 0. The molecule has 0 atom stereocenters. The number of hydrogen-bond acceptors (Lipinski definition) is 0. The fraction of sp³-hybridized carbons (Fsp3) is 0.200. The highest BCUT2D eigenvalue weighted by Gasteiger charge is 2.09. The number of pyridine rings is 2. The van der Waals surface area contributed by atoms with Gasteiger partial charge in [0.2, 0.25) is 11.0 Å². The van der Waals surface area contributed by atoms with Gasteiger partial charge in [-0.3, -0.25) is 0 Å². The first-order valence-electron chi connectivity index (χ1n) is 11.7. The lowest BCUT2D eigenvalue weighted by Crippen LogP contribution is -2.34. The number of rotatable bonds is 8. The van der Waals surface area contributed by atoms with E-state index in [9.17, 15) is 0 Å². The number of aromatic nitrogens is 2. The van der Waals surface area contributed by atoms with Crippen LogP contribution in [0, 0.1) is 0 Å². The lowest BCUT2D eigenvalue weighted by Gasteiger charge is -2.06. The Hall–Kier alpha value is -3.52. The maximum absolute atomic E-state index is 2.40. The zero-order chi connectivity index (χ0) is 21.6. The molecular formula is C30H30N2+2. The summed E-state index contributed by atoms with van der Waals surface area (Å²) in [5.41, 5.74) is 5.52. The van der Waals surface area contributed by atoms with Crippen LogP contribution in [0.2, 0.25) is 0 Å². The molecule has 0 aliphatic carbocycles. The highest BCUT2D eigenvalue weighted by molar-refractivity contribution is 5.75. The van der Waals surface area contributed by atoms with E-state index in [1.807, 2.05) is 0 Å². The van der Waals surface area contributed by atoms with E-state index in [1.54, 1.807) is 0 Å². The van der Waals surface area contributed by atoms with E-state index in [-0.39, 0.29) is 0 Å². The Bertz CT molecular complexity index is 1230. The molecule has 0 aliphatic rings. The predicted octanol–water partition coefficient (Wildman–Crippen LogP) is 5.83. The Labute approximate surface area is 190 Å². The molecule has 5 rings (SSSR count). The number of aryl methyl sites for hydroxylation is 4. The van der Waals surface area contributed by atoms with Crippen molar-refractivity contribution in [2.24, 2.45) is 0 Å². The van der Waals surface area contributed by atoms with Crippen LogP contribution in [-0.4, -0.2) is 0 Å². The van der Waals surface area contributed by atoms with Crippen molar-refractivity contribution in [3.05, 3.63) is 121 Å². The molecule has 32 heavy (non-hydrogen) atoms. The molecule has 0 bridgehead atoms. The average Bonchev–Trinajstić information content (AvgIpc) is 2.85. The SMILES string of the molecule is c1cc(CCC[n+]2cccc3ccccc32)cc(CCC[n+]2cccc3ccccc32)c1. The first kappa shape index (κ1) is 20.4. The Morgan fingerprint density at radius 2 is 0.938 bits per heavy atom. The van der Waals surface area contributed by atoms with Gasteiger partial charge < -0.3 is 0 Å². The molecule has 0 amide bonds. The molecule has 2 heterocycles. The first-order chi connectivity index (χ1) is 15.9. The second-order valence-electron chi connectivity index (χ2n) is 8.55. The Kier molecular flexibility index (Phi) is 6.20. The van der Waals surface area contributed by atoms with Crippen molar-refractivity contribution in [2.45, 2.75) is 38.8 Å². The van der Waals surface area contributed by atoms with Crippen LogP contribution in [0.25, 0.3) is 21.8 Å². The van der Waals surface area contributed by atoms with Crippen LogP contribution in [0.1, 0.15) is 24.0 Å². The van der Waals surface area contributed by atoms with E-state index in [4.69, 9.17) is 0 Å². The lowest BCUT2D eigenvalue weighted by molar-refractivity contribution is -0.671. The summed E-state index contributed by atoms with van der Waals surface area (Å²) in [4.78, 5) is 0. The molecule has 3 aromatic carbocycles. The molecule has 0 saturated carbocycles. The summed E-state index contributed by atoms with van der Waals surface area (Å²) in [7, 11) is 0. The van der Waals surface area contributed by atoms with E-state index in [1.165, 1.54) is 32.9 Å². The molecular weight excluding hydrogens is 388 g/mol. The van der Waals surface area contributed by atoms with Gasteiger partial charge >= 0.3 is 0 Å². The normalized spacial score (nSPS) is 11.2. The molecule has 2 heteroatoms. The van der Waals surface area contributed by atoms with Crippen molar-refractivity contribution in [3.8, 4) is 0 Å². The number of para-hydroxylation sites is 2. The zero-order valence-electron chi connectivity index (χ0n) is 18.5. The topological polar surface area (TPSA) is 7.76 Å². The summed E-state index contributed by atoms with van der Waals surface area (Å²) in [6, 6.07) is 35.1. The Morgan fingerprint density at radius 1 is 0.469 bits per heavy atom. The fourth-order valence-electron chi connectivity index (χ4n) is 4.68. The van der Waals surface area contributed by atoms with Crippen LogP contribution in [0.4, 0.5) is 0 Å². The van der Waals surface area contributed by atoms with Crippen LogP contribution >= 0.6 is 0 Å². The third kappa shape index (κ3) is 4.70. The van der Waals surface area contributed by atoms with Gasteiger partial charge in [0.1, 0.15) is 13.1 Å². The van der Waals surface area contributed by atoms with E-state index < -0.39 is 0 Å². The monoisotopic (exact) mass is 418 g/mol. The van der Waals surface area contributed by atoms with Gasteiger partial charge in [-0.2, -0.15) is 9.13 Å². The number of hydrogen-bond donors (Lipinski definition) is 0. The van der Waals surface area contributed by atoms with Crippen molar-refractivity contribution >= 4 is 21.8 Å². The third-order valence-corrected chi connectivity index (χ3v) is 6.30. The zero-order valence-corrected chi connectivity index (χ0v) is 18.5. The quantitative estimate of drug-likeness (QED) is 0.280. The fourth-order valence-corrected chi connectivity index (χ4v) is 4.68. The molecule has 2 nitrogen and oxygen atoms in total. The van der Waals surface area contributed by atoms with Crippen LogP contribution in [0.5, 0.6) is 0 Å². The molecule has 0 unspecified atom stereocenters. The molecule has 158 valence electrons. The van der Waals surface area contributed by atoms with Crippen molar-refractivity contribution in [3.63, 3.8) is 0 Å². The molecule has 0 fully saturated rings. The average molecular weight is 419 g/mol. The minimum atomic E-state index is 1.04. The molecule has 2 aromatic heterocycles. The minimum absolute atomic E-state index is 1.04. The number of nitrogens with zero attached hydrogens (tertiary/aromatic N) is 2. The lowest BCUT2D eigenvalue weighted by atomic mass is 10.0. The van der Waals surface area contributed by atoms with E-state index in [2.05, 4.69) is 119 Å². The van der Waals surface area contributed by atoms with Crippen molar-refractivity contribution < 1.29 is 9.13 Å². The van der Waals surface area contributed by atoms with Crippen LogP contribution in [0.15, 0.2) is 109 Å². The summed E-state index contributed by atoms with van der Waals surface area (Å²) in [6.45, 7) is 2.09. The summed E-state index contributed by atoms with van der Waals surface area (Å²) in [5.74, 6) is 0. The second kappa shape index (κ2) is 9.74. The van der Waals surface area contributed by atoms with Crippen molar-refractivity contribution in [1.82, 2.24) is 0 Å². The van der Waals surface area contributed by atoms with Gasteiger partial charge in [0.15, 0.2) is 12.4 Å². The number of fused-ring (bicyclic) bond motifs is 2. The van der Waals surface area contributed by atoms with Gasteiger partial charge in [-0.05, 0) is 48.2 Å².